The summed E-state index contributed by atoms with van der Waals surface area (Å²) < 4.78 is 29.2. The van der Waals surface area contributed by atoms with Crippen LogP contribution >= 0.6 is 0 Å². The van der Waals surface area contributed by atoms with Gasteiger partial charge < -0.3 is 15.4 Å². The van der Waals surface area contributed by atoms with Crippen LogP contribution in [0.3, 0.4) is 0 Å². The Kier molecular flexibility index (Phi) is 8.39. The number of ether oxygens (including phenoxy) is 1. The van der Waals surface area contributed by atoms with Crippen LogP contribution in [-0.2, 0) is 39.0 Å². The lowest BCUT2D eigenvalue weighted by Crippen LogP contribution is -2.45. The Morgan fingerprint density at radius 2 is 1.56 bits per heavy atom. The zero-order valence-electron chi connectivity index (χ0n) is 18.7. The molecule has 0 aliphatic rings. The van der Waals surface area contributed by atoms with Crippen LogP contribution < -0.4 is 15.8 Å². The van der Waals surface area contributed by atoms with E-state index in [-0.39, 0.29) is 23.6 Å². The van der Waals surface area contributed by atoms with E-state index in [0.29, 0.717) is 12.0 Å². The number of amides is 2. The fraction of sp³-hybridized carbons (Fsp3) is 0.200. The Bertz CT molecular complexity index is 1230. The summed E-state index contributed by atoms with van der Waals surface area (Å²) in [5, 5.41) is 10.6. The third-order valence-corrected chi connectivity index (χ3v) is 6.12. The number of nitrogens with two attached hydrogens (primary N) is 1. The maximum atomic E-state index is 13.1. The molecule has 3 rings (SSSR count). The molecule has 2 amide bonds. The van der Waals surface area contributed by atoms with Crippen molar-refractivity contribution in [2.24, 2.45) is 5.14 Å². The van der Waals surface area contributed by atoms with Gasteiger partial charge in [-0.1, -0.05) is 73.7 Å². The van der Waals surface area contributed by atoms with Gasteiger partial charge in [0.05, 0.1) is 4.90 Å². The molecule has 0 spiro atoms. The molecule has 0 fully saturated rings. The van der Waals surface area contributed by atoms with Crippen molar-refractivity contribution in [1.82, 2.24) is 5.32 Å². The minimum atomic E-state index is -3.97. The second kappa shape index (κ2) is 11.4. The van der Waals surface area contributed by atoms with Crippen LogP contribution in [-0.4, -0.2) is 26.5 Å². The zero-order valence-corrected chi connectivity index (χ0v) is 19.5. The Labute approximate surface area is 199 Å². The van der Waals surface area contributed by atoms with E-state index in [1.807, 2.05) is 67.6 Å². The quantitative estimate of drug-likeness (QED) is 0.432. The molecule has 178 valence electrons. The number of hydrogen-bond donors (Lipinski definition) is 3. The average Bonchev–Trinajstić information content (AvgIpc) is 2.83. The van der Waals surface area contributed by atoms with E-state index in [9.17, 15) is 18.0 Å². The van der Waals surface area contributed by atoms with E-state index in [1.165, 1.54) is 6.07 Å². The van der Waals surface area contributed by atoms with Crippen LogP contribution in [0, 0.1) is 0 Å². The first-order chi connectivity index (χ1) is 16.3. The number of anilines is 1. The Hall–Kier alpha value is -3.69. The molecule has 3 aromatic carbocycles. The fourth-order valence-corrected chi connectivity index (χ4v) is 4.25. The molecule has 0 aromatic heterocycles. The molecule has 0 aliphatic carbocycles. The first kappa shape index (κ1) is 24.9. The van der Waals surface area contributed by atoms with Crippen molar-refractivity contribution in [3.8, 4) is 0 Å². The molecule has 0 heterocycles. The van der Waals surface area contributed by atoms with Gasteiger partial charge in [-0.25, -0.2) is 18.4 Å². The minimum Gasteiger partial charge on any atom is -0.445 e. The summed E-state index contributed by atoms with van der Waals surface area (Å²) in [5.41, 5.74) is 2.44. The number of hydrogen-bond acceptors (Lipinski definition) is 5. The second-order valence-electron chi connectivity index (χ2n) is 7.66. The molecule has 0 saturated heterocycles. The number of primary sulfonamides is 1. The number of nitrogens with one attached hydrogen (secondary N) is 2. The van der Waals surface area contributed by atoms with Crippen molar-refractivity contribution in [1.29, 1.82) is 0 Å². The SMILES string of the molecule is CCc1ccc(NC(=O)[C@H](Cc2ccccc2)NC(=O)OCc2ccccc2)cc1S(N)(=O)=O. The molecule has 1 atom stereocenters. The van der Waals surface area contributed by atoms with Crippen molar-refractivity contribution in [3.05, 3.63) is 95.6 Å². The molecule has 0 bridgehead atoms. The van der Waals surface area contributed by atoms with Gasteiger partial charge >= 0.3 is 6.09 Å². The lowest BCUT2D eigenvalue weighted by Gasteiger charge is -2.19. The summed E-state index contributed by atoms with van der Waals surface area (Å²) in [5.74, 6) is -0.523. The van der Waals surface area contributed by atoms with Crippen molar-refractivity contribution in [2.45, 2.75) is 37.3 Å². The van der Waals surface area contributed by atoms with Gasteiger partial charge in [-0.2, -0.15) is 0 Å². The molecule has 0 unspecified atom stereocenters. The first-order valence-corrected chi connectivity index (χ1v) is 12.3. The van der Waals surface area contributed by atoms with Crippen LogP contribution in [0.5, 0.6) is 0 Å². The summed E-state index contributed by atoms with van der Waals surface area (Å²) >= 11 is 0. The monoisotopic (exact) mass is 481 g/mol. The highest BCUT2D eigenvalue weighted by atomic mass is 32.2. The van der Waals surface area contributed by atoms with Crippen molar-refractivity contribution in [3.63, 3.8) is 0 Å². The Morgan fingerprint density at radius 3 is 2.15 bits per heavy atom. The van der Waals surface area contributed by atoms with E-state index in [0.717, 1.165) is 11.1 Å². The van der Waals surface area contributed by atoms with E-state index in [4.69, 9.17) is 9.88 Å². The molecule has 9 heteroatoms. The first-order valence-electron chi connectivity index (χ1n) is 10.7. The highest BCUT2D eigenvalue weighted by Crippen LogP contribution is 2.21. The maximum Gasteiger partial charge on any atom is 0.408 e. The third-order valence-electron chi connectivity index (χ3n) is 5.13. The third kappa shape index (κ3) is 7.16. The maximum absolute atomic E-state index is 13.1. The summed E-state index contributed by atoms with van der Waals surface area (Å²) in [6, 6.07) is 21.9. The number of rotatable bonds is 9. The molecule has 0 radical (unpaired) electrons. The van der Waals surface area contributed by atoms with Gasteiger partial charge in [-0.3, -0.25) is 4.79 Å². The van der Waals surface area contributed by atoms with E-state index >= 15 is 0 Å². The fourth-order valence-electron chi connectivity index (χ4n) is 3.38. The highest BCUT2D eigenvalue weighted by Gasteiger charge is 2.23. The van der Waals surface area contributed by atoms with Gasteiger partial charge in [0.1, 0.15) is 12.6 Å². The van der Waals surface area contributed by atoms with Crippen molar-refractivity contribution >= 4 is 27.7 Å². The Morgan fingerprint density at radius 1 is 0.941 bits per heavy atom. The van der Waals surface area contributed by atoms with Crippen LogP contribution in [0.25, 0.3) is 0 Å². The largest absolute Gasteiger partial charge is 0.445 e. The van der Waals surface area contributed by atoms with Crippen LogP contribution in [0.2, 0.25) is 0 Å². The van der Waals surface area contributed by atoms with E-state index in [2.05, 4.69) is 10.6 Å². The summed E-state index contributed by atoms with van der Waals surface area (Å²) in [6.45, 7) is 1.87. The van der Waals surface area contributed by atoms with Gasteiger partial charge in [-0.15, -0.1) is 0 Å². The number of carbonyl (C=O) groups is 2. The normalized spacial score (nSPS) is 11.9. The number of aryl methyl sites for hydroxylation is 1. The highest BCUT2D eigenvalue weighted by molar-refractivity contribution is 7.89. The number of benzene rings is 3. The van der Waals surface area contributed by atoms with Crippen LogP contribution in [0.4, 0.5) is 10.5 Å². The molecule has 4 N–H and O–H groups in total. The molecule has 8 nitrogen and oxygen atoms in total. The minimum absolute atomic E-state index is 0.0531. The predicted octanol–water partition coefficient (Wildman–Crippen LogP) is 3.37. The standard InChI is InChI=1S/C25H27N3O5S/c1-2-20-13-14-21(16-23(20)34(26,31)32)27-24(29)22(15-18-9-5-3-6-10-18)28-25(30)33-17-19-11-7-4-8-12-19/h3-14,16,22H,2,15,17H2,1H3,(H,27,29)(H,28,30)(H2,26,31,32)/t22-/m0/s1. The Balaban J connectivity index is 1.76. The van der Waals surface area contributed by atoms with E-state index in [1.54, 1.807) is 12.1 Å². The molecule has 34 heavy (non-hydrogen) atoms. The van der Waals surface area contributed by atoms with E-state index < -0.39 is 28.1 Å². The second-order valence-corrected chi connectivity index (χ2v) is 9.19. The van der Waals surface area contributed by atoms with Crippen molar-refractivity contribution < 1.29 is 22.7 Å². The van der Waals surface area contributed by atoms with Gasteiger partial charge in [0.15, 0.2) is 0 Å². The number of sulfonamides is 1. The van der Waals surface area contributed by atoms with Gasteiger partial charge in [-0.05, 0) is 35.2 Å². The van der Waals surface area contributed by atoms with Crippen LogP contribution in [0.15, 0.2) is 83.8 Å². The molecular weight excluding hydrogens is 454 g/mol. The van der Waals surface area contributed by atoms with Crippen molar-refractivity contribution in [2.75, 3.05) is 5.32 Å². The number of alkyl carbamates (subject to hydrolysis) is 1. The zero-order chi connectivity index (χ0) is 24.6. The summed E-state index contributed by atoms with van der Waals surface area (Å²) in [6.07, 6.45) is -0.0698. The topological polar surface area (TPSA) is 128 Å². The number of carbonyl (C=O) groups excluding carboxylic acids is 2. The average molecular weight is 482 g/mol. The summed E-state index contributed by atoms with van der Waals surface area (Å²) in [4.78, 5) is 25.5. The molecule has 0 aliphatic heterocycles. The van der Waals surface area contributed by atoms with Crippen LogP contribution in [0.1, 0.15) is 23.6 Å². The molecule has 0 saturated carbocycles. The van der Waals surface area contributed by atoms with Gasteiger partial charge in [0.2, 0.25) is 15.9 Å². The molecular formula is C25H27N3O5S. The molecule has 3 aromatic rings. The van der Waals surface area contributed by atoms with Gasteiger partial charge in [0.25, 0.3) is 0 Å². The van der Waals surface area contributed by atoms with Gasteiger partial charge in [0, 0.05) is 12.1 Å². The lowest BCUT2D eigenvalue weighted by atomic mass is 10.1. The summed E-state index contributed by atoms with van der Waals surface area (Å²) in [7, 11) is -3.97. The smallest absolute Gasteiger partial charge is 0.408 e. The lowest BCUT2D eigenvalue weighted by molar-refractivity contribution is -0.118. The predicted molar refractivity (Wildman–Crippen MR) is 130 cm³/mol.